The minimum absolute atomic E-state index is 0. The largest absolute Gasteiger partial charge is 0.328 e. The third kappa shape index (κ3) is 5.77. The molecule has 3 N–H and O–H groups in total. The topological polar surface area (TPSA) is 38.0 Å². The number of hydrogen-bond donors (Lipinski definition) is 2. The van der Waals surface area contributed by atoms with Gasteiger partial charge in [-0.05, 0) is 49.5 Å². The van der Waals surface area contributed by atoms with Gasteiger partial charge in [0.15, 0.2) is 0 Å². The van der Waals surface area contributed by atoms with Crippen LogP contribution >= 0.6 is 24.8 Å². The zero-order chi connectivity index (χ0) is 15.5. The average molecular weight is 371 g/mol. The molecule has 0 heterocycles. The molecular formula is C20H32Cl2N2. The van der Waals surface area contributed by atoms with Gasteiger partial charge in [0.1, 0.15) is 0 Å². The molecular weight excluding hydrogens is 339 g/mol. The van der Waals surface area contributed by atoms with Gasteiger partial charge < -0.3 is 11.1 Å². The molecule has 2 fully saturated rings. The molecule has 1 aromatic carbocycles. The molecule has 2 aliphatic carbocycles. The fourth-order valence-corrected chi connectivity index (χ4v) is 3.78. The Bertz CT molecular complexity index is 508. The van der Waals surface area contributed by atoms with Crippen LogP contribution < -0.4 is 11.1 Å². The highest BCUT2D eigenvalue weighted by atomic mass is 35.5. The Balaban J connectivity index is 0.00000144. The van der Waals surface area contributed by atoms with Crippen molar-refractivity contribution in [2.24, 2.45) is 17.6 Å². The second kappa shape index (κ2) is 9.82. The standard InChI is InChI=1S/C20H30N2.2ClH/c1-14(2)18(12-15-6-4-3-5-7-15)19-13-20(19)22-17-10-8-16(21)9-11-17;;/h3-7,12,14,16-17,19-20,22H,8-11,13,21H2,1-2H3;2*1H/b18-12+;;. The van der Waals surface area contributed by atoms with E-state index < -0.39 is 0 Å². The molecule has 0 amide bonds. The summed E-state index contributed by atoms with van der Waals surface area (Å²) in [5.74, 6) is 1.35. The molecule has 2 aliphatic rings. The lowest BCUT2D eigenvalue weighted by molar-refractivity contribution is 0.338. The van der Waals surface area contributed by atoms with Crippen molar-refractivity contribution in [2.75, 3.05) is 0 Å². The van der Waals surface area contributed by atoms with E-state index in [1.54, 1.807) is 5.57 Å². The van der Waals surface area contributed by atoms with Crippen LogP contribution in [0.1, 0.15) is 51.5 Å². The SMILES string of the molecule is CC(C)/C(=C\c1ccccc1)C1CC1NC1CCC(N)CC1.Cl.Cl. The first-order valence-electron chi connectivity index (χ1n) is 8.91. The number of benzene rings is 1. The summed E-state index contributed by atoms with van der Waals surface area (Å²) < 4.78 is 0. The monoisotopic (exact) mass is 370 g/mol. The van der Waals surface area contributed by atoms with Crippen LogP contribution in [0.25, 0.3) is 6.08 Å². The molecule has 0 bridgehead atoms. The molecule has 0 radical (unpaired) electrons. The fourth-order valence-electron chi connectivity index (χ4n) is 3.78. The predicted octanol–water partition coefficient (Wildman–Crippen LogP) is 4.82. The van der Waals surface area contributed by atoms with E-state index >= 15 is 0 Å². The van der Waals surface area contributed by atoms with E-state index in [2.05, 4.69) is 55.6 Å². The van der Waals surface area contributed by atoms with Crippen molar-refractivity contribution in [3.63, 3.8) is 0 Å². The summed E-state index contributed by atoms with van der Waals surface area (Å²) in [6.45, 7) is 4.65. The fraction of sp³-hybridized carbons (Fsp3) is 0.600. The van der Waals surface area contributed by atoms with Crippen LogP contribution in [-0.4, -0.2) is 18.1 Å². The number of hydrogen-bond acceptors (Lipinski definition) is 2. The van der Waals surface area contributed by atoms with Gasteiger partial charge in [-0.25, -0.2) is 0 Å². The van der Waals surface area contributed by atoms with Gasteiger partial charge in [-0.15, -0.1) is 24.8 Å². The van der Waals surface area contributed by atoms with Crippen LogP contribution in [0, 0.1) is 11.8 Å². The molecule has 0 saturated heterocycles. The Labute approximate surface area is 159 Å². The van der Waals surface area contributed by atoms with Crippen molar-refractivity contribution >= 4 is 30.9 Å². The summed E-state index contributed by atoms with van der Waals surface area (Å²) in [4.78, 5) is 0. The second-order valence-electron chi connectivity index (χ2n) is 7.44. The van der Waals surface area contributed by atoms with Crippen molar-refractivity contribution in [3.8, 4) is 0 Å². The van der Waals surface area contributed by atoms with Crippen LogP contribution in [0.15, 0.2) is 35.9 Å². The highest BCUT2D eigenvalue weighted by Crippen LogP contribution is 2.42. The Morgan fingerprint density at radius 3 is 2.29 bits per heavy atom. The van der Waals surface area contributed by atoms with Gasteiger partial charge in [-0.3, -0.25) is 0 Å². The van der Waals surface area contributed by atoms with Crippen molar-refractivity contribution in [1.29, 1.82) is 0 Å². The summed E-state index contributed by atoms with van der Waals surface area (Å²) in [5, 5.41) is 3.89. The minimum Gasteiger partial charge on any atom is -0.328 e. The third-order valence-electron chi connectivity index (χ3n) is 5.24. The molecule has 3 rings (SSSR count). The number of rotatable bonds is 5. The Hall–Kier alpha value is -0.540. The summed E-state index contributed by atoms with van der Waals surface area (Å²) >= 11 is 0. The first-order chi connectivity index (χ1) is 10.6. The molecule has 0 aromatic heterocycles. The van der Waals surface area contributed by atoms with Gasteiger partial charge in [0.2, 0.25) is 0 Å². The van der Waals surface area contributed by atoms with Crippen LogP contribution in [-0.2, 0) is 0 Å². The van der Waals surface area contributed by atoms with E-state index in [1.807, 2.05) is 0 Å². The molecule has 0 spiro atoms. The normalized spacial score (nSPS) is 29.6. The van der Waals surface area contributed by atoms with Crippen molar-refractivity contribution in [1.82, 2.24) is 5.32 Å². The predicted molar refractivity (Wildman–Crippen MR) is 109 cm³/mol. The lowest BCUT2D eigenvalue weighted by atomic mass is 9.91. The summed E-state index contributed by atoms with van der Waals surface area (Å²) in [6, 6.07) is 12.6. The van der Waals surface area contributed by atoms with Crippen LogP contribution in [0.2, 0.25) is 0 Å². The van der Waals surface area contributed by atoms with E-state index in [0.717, 1.165) is 5.92 Å². The molecule has 4 heteroatoms. The first kappa shape index (κ1) is 21.5. The lowest BCUT2D eigenvalue weighted by Gasteiger charge is -2.27. The molecule has 0 aliphatic heterocycles. The van der Waals surface area contributed by atoms with E-state index in [1.165, 1.54) is 37.7 Å². The number of nitrogens with two attached hydrogens (primary N) is 1. The number of nitrogens with one attached hydrogen (secondary N) is 1. The van der Waals surface area contributed by atoms with Gasteiger partial charge in [0.25, 0.3) is 0 Å². The quantitative estimate of drug-likeness (QED) is 0.779. The van der Waals surface area contributed by atoms with Gasteiger partial charge in [0, 0.05) is 18.1 Å². The molecule has 1 aromatic rings. The molecule has 2 nitrogen and oxygen atoms in total. The summed E-state index contributed by atoms with van der Waals surface area (Å²) in [6.07, 6.45) is 8.60. The number of halogens is 2. The van der Waals surface area contributed by atoms with Crippen molar-refractivity contribution in [2.45, 2.75) is 64.1 Å². The maximum atomic E-state index is 6.01. The highest BCUT2D eigenvalue weighted by Gasteiger charge is 2.41. The average Bonchev–Trinajstić information content (AvgIpc) is 3.27. The lowest BCUT2D eigenvalue weighted by Crippen LogP contribution is -2.39. The first-order valence-corrected chi connectivity index (χ1v) is 8.91. The summed E-state index contributed by atoms with van der Waals surface area (Å²) in [7, 11) is 0. The van der Waals surface area contributed by atoms with E-state index in [9.17, 15) is 0 Å². The minimum atomic E-state index is 0. The third-order valence-corrected chi connectivity index (χ3v) is 5.24. The van der Waals surface area contributed by atoms with Gasteiger partial charge in [-0.1, -0.05) is 55.8 Å². The zero-order valence-electron chi connectivity index (χ0n) is 14.8. The van der Waals surface area contributed by atoms with E-state index in [-0.39, 0.29) is 24.8 Å². The van der Waals surface area contributed by atoms with E-state index in [4.69, 9.17) is 5.73 Å². The Kier molecular flexibility index (Phi) is 8.80. The van der Waals surface area contributed by atoms with E-state index in [0.29, 0.717) is 24.0 Å². The second-order valence-corrected chi connectivity index (χ2v) is 7.44. The van der Waals surface area contributed by atoms with Crippen LogP contribution in [0.5, 0.6) is 0 Å². The molecule has 136 valence electrons. The maximum absolute atomic E-state index is 6.01. The van der Waals surface area contributed by atoms with Gasteiger partial charge >= 0.3 is 0 Å². The molecule has 2 saturated carbocycles. The van der Waals surface area contributed by atoms with Crippen molar-refractivity contribution < 1.29 is 0 Å². The Morgan fingerprint density at radius 1 is 1.08 bits per heavy atom. The molecule has 24 heavy (non-hydrogen) atoms. The maximum Gasteiger partial charge on any atom is 0.0142 e. The van der Waals surface area contributed by atoms with Crippen molar-refractivity contribution in [3.05, 3.63) is 41.5 Å². The Morgan fingerprint density at radius 2 is 1.71 bits per heavy atom. The highest BCUT2D eigenvalue weighted by molar-refractivity contribution is 5.85. The van der Waals surface area contributed by atoms with Gasteiger partial charge in [-0.2, -0.15) is 0 Å². The van der Waals surface area contributed by atoms with Crippen LogP contribution in [0.4, 0.5) is 0 Å². The smallest absolute Gasteiger partial charge is 0.0142 e. The molecule has 2 atom stereocenters. The van der Waals surface area contributed by atoms with Gasteiger partial charge in [0.05, 0.1) is 0 Å². The van der Waals surface area contributed by atoms with Crippen LogP contribution in [0.3, 0.4) is 0 Å². The summed E-state index contributed by atoms with van der Waals surface area (Å²) in [5.41, 5.74) is 8.95. The zero-order valence-corrected chi connectivity index (χ0v) is 16.4. The molecule has 2 unspecified atom stereocenters.